The van der Waals surface area contributed by atoms with Crippen LogP contribution in [0.4, 0.5) is 10.2 Å². The number of hydrogen-bond acceptors (Lipinski definition) is 9. The number of hydrogen-bond donors (Lipinski definition) is 1. The number of aliphatic hydroxyl groups excluding tert-OH is 1. The minimum atomic E-state index is -1.35. The molecule has 0 saturated carbocycles. The predicted octanol–water partition coefficient (Wildman–Crippen LogP) is 5.95. The number of morpholine rings is 1. The van der Waals surface area contributed by atoms with E-state index in [1.807, 2.05) is 11.4 Å². The van der Waals surface area contributed by atoms with Gasteiger partial charge in [-0.25, -0.2) is 24.3 Å². The molecule has 1 aromatic carbocycles. The molecule has 1 aliphatic rings. The molecule has 0 bridgehead atoms. The Labute approximate surface area is 243 Å². The summed E-state index contributed by atoms with van der Waals surface area (Å²) >= 11 is 7.80. The van der Waals surface area contributed by atoms with Gasteiger partial charge in [-0.3, -0.25) is 0 Å². The largest absolute Gasteiger partial charge is 0.412 e. The van der Waals surface area contributed by atoms with Crippen LogP contribution in [0.15, 0.2) is 36.1 Å². The van der Waals surface area contributed by atoms with Crippen LogP contribution >= 0.6 is 22.9 Å². The number of nitrogens with zero attached hydrogens (tertiary/aromatic N) is 5. The fourth-order valence-corrected chi connectivity index (χ4v) is 6.93. The van der Waals surface area contributed by atoms with Crippen molar-refractivity contribution in [1.29, 1.82) is 0 Å². The summed E-state index contributed by atoms with van der Waals surface area (Å²) < 4.78 is 27.1. The maximum atomic E-state index is 15.3. The molecule has 0 spiro atoms. The van der Waals surface area contributed by atoms with Gasteiger partial charge in [0.1, 0.15) is 29.1 Å². The summed E-state index contributed by atoms with van der Waals surface area (Å²) in [7, 11) is -1.35. The molecule has 1 saturated heterocycles. The van der Waals surface area contributed by atoms with Crippen LogP contribution in [0, 0.1) is 11.2 Å². The average molecular weight is 602 g/mol. The molecule has 4 heterocycles. The summed E-state index contributed by atoms with van der Waals surface area (Å²) in [6, 6.07) is 4.62. The normalized spacial score (nSPS) is 16.1. The highest BCUT2D eigenvalue weighted by molar-refractivity contribution is 7.09. The molecule has 1 N–H and O–H groups in total. The van der Waals surface area contributed by atoms with Crippen LogP contribution in [0.2, 0.25) is 18.1 Å². The lowest BCUT2D eigenvalue weighted by molar-refractivity contribution is 0.0827. The van der Waals surface area contributed by atoms with E-state index in [9.17, 15) is 5.11 Å². The third-order valence-electron chi connectivity index (χ3n) is 6.71. The number of anilines is 1. The number of aromatic nitrogens is 4. The maximum Gasteiger partial charge on any atom is 0.171 e. The summed E-state index contributed by atoms with van der Waals surface area (Å²) in [5.41, 5.74) is 2.16. The predicted molar refractivity (Wildman–Crippen MR) is 159 cm³/mol. The lowest BCUT2D eigenvalue weighted by Crippen LogP contribution is -2.36. The third-order valence-corrected chi connectivity index (χ3v) is 8.77. The van der Waals surface area contributed by atoms with Crippen LogP contribution in [0.1, 0.15) is 49.2 Å². The van der Waals surface area contributed by atoms with Crippen molar-refractivity contribution in [2.24, 2.45) is 5.41 Å². The second-order valence-electron chi connectivity index (χ2n) is 11.2. The molecular weight excluding hydrogens is 569 g/mol. The van der Waals surface area contributed by atoms with Gasteiger partial charge in [-0.1, -0.05) is 32.4 Å². The lowest BCUT2D eigenvalue weighted by atomic mass is 9.88. The minimum Gasteiger partial charge on any atom is -0.412 e. The number of thiazole rings is 1. The number of rotatable bonds is 7. The van der Waals surface area contributed by atoms with Crippen LogP contribution in [0.3, 0.4) is 0 Å². The number of aliphatic hydroxyl groups is 1. The molecule has 2 atom stereocenters. The Morgan fingerprint density at radius 1 is 1.15 bits per heavy atom. The summed E-state index contributed by atoms with van der Waals surface area (Å²) in [4.78, 5) is 20.3. The summed E-state index contributed by atoms with van der Waals surface area (Å²) in [6.07, 6.45) is 1.72. The van der Waals surface area contributed by atoms with Crippen LogP contribution in [-0.2, 0) is 9.16 Å². The van der Waals surface area contributed by atoms with Crippen molar-refractivity contribution in [2.45, 2.75) is 46.1 Å². The Bertz CT molecular complexity index is 1510. The second-order valence-corrected chi connectivity index (χ2v) is 14.8. The van der Waals surface area contributed by atoms with Crippen molar-refractivity contribution in [3.63, 3.8) is 0 Å². The molecule has 1 fully saturated rings. The number of pyridine rings is 1. The van der Waals surface area contributed by atoms with Gasteiger partial charge in [-0.2, -0.15) is 0 Å². The highest BCUT2D eigenvalue weighted by Gasteiger charge is 2.31. The number of halogens is 2. The molecule has 12 heteroatoms. The van der Waals surface area contributed by atoms with Crippen molar-refractivity contribution in [3.8, 4) is 11.3 Å². The van der Waals surface area contributed by atoms with E-state index in [4.69, 9.17) is 25.7 Å². The van der Waals surface area contributed by atoms with Gasteiger partial charge < -0.3 is 19.2 Å². The van der Waals surface area contributed by atoms with Crippen molar-refractivity contribution in [3.05, 3.63) is 63.2 Å². The molecule has 0 amide bonds. The van der Waals surface area contributed by atoms with Crippen LogP contribution < -0.4 is 4.90 Å². The van der Waals surface area contributed by atoms with Gasteiger partial charge in [0.05, 0.1) is 36.2 Å². The monoisotopic (exact) mass is 601 g/mol. The molecule has 1 aliphatic heterocycles. The molecule has 40 heavy (non-hydrogen) atoms. The van der Waals surface area contributed by atoms with Crippen LogP contribution in [0.5, 0.6) is 0 Å². The minimum absolute atomic E-state index is 0.106. The van der Waals surface area contributed by atoms with E-state index in [1.165, 1.54) is 23.7 Å². The van der Waals surface area contributed by atoms with E-state index in [2.05, 4.69) is 53.7 Å². The first-order valence-corrected chi connectivity index (χ1v) is 17.3. The summed E-state index contributed by atoms with van der Waals surface area (Å²) in [6.45, 7) is 13.3. The molecule has 0 aliphatic carbocycles. The molecule has 8 nitrogen and oxygen atoms in total. The van der Waals surface area contributed by atoms with Crippen molar-refractivity contribution >= 4 is 48.7 Å². The summed E-state index contributed by atoms with van der Waals surface area (Å²) in [5, 5.41) is 14.4. The zero-order valence-electron chi connectivity index (χ0n) is 23.2. The van der Waals surface area contributed by atoms with Crippen molar-refractivity contribution < 1.29 is 18.7 Å². The van der Waals surface area contributed by atoms with Gasteiger partial charge in [0.2, 0.25) is 0 Å². The smallest absolute Gasteiger partial charge is 0.171 e. The first-order chi connectivity index (χ1) is 19.0. The average Bonchev–Trinajstić information content (AvgIpc) is 3.40. The quantitative estimate of drug-likeness (QED) is 0.260. The first kappa shape index (κ1) is 29.0. The highest BCUT2D eigenvalue weighted by atomic mass is 35.5. The lowest BCUT2D eigenvalue weighted by Gasteiger charge is -2.31. The van der Waals surface area contributed by atoms with Gasteiger partial charge in [0, 0.05) is 52.3 Å². The third kappa shape index (κ3) is 6.04. The van der Waals surface area contributed by atoms with Gasteiger partial charge in [0.15, 0.2) is 9.04 Å². The fraction of sp³-hybridized carbons (Fsp3) is 0.429. The highest BCUT2D eigenvalue weighted by Crippen LogP contribution is 2.40. The van der Waals surface area contributed by atoms with Gasteiger partial charge in [-0.15, -0.1) is 11.3 Å². The molecule has 5 rings (SSSR count). The molecule has 2 unspecified atom stereocenters. The molecule has 3 aromatic heterocycles. The second kappa shape index (κ2) is 11.7. The zero-order valence-corrected chi connectivity index (χ0v) is 25.9. The SMILES string of the molecule is C[SiH](C)OC(c1csc(C(O)c2cc(-c3ncnc4cc(N5CCOCC5)ncc34)c(F)cc2Cl)n1)C(C)(C)C. The molecular formula is C28H33ClFN5O3SSi. The Morgan fingerprint density at radius 2 is 1.90 bits per heavy atom. The Hall–Kier alpha value is -2.54. The van der Waals surface area contributed by atoms with Crippen molar-refractivity contribution in [2.75, 3.05) is 31.2 Å². The Balaban J connectivity index is 1.50. The topological polar surface area (TPSA) is 93.5 Å². The number of ether oxygens (including phenoxy) is 1. The van der Waals surface area contributed by atoms with Crippen molar-refractivity contribution in [1.82, 2.24) is 19.9 Å². The maximum absolute atomic E-state index is 15.3. The number of benzene rings is 1. The van der Waals surface area contributed by atoms with E-state index in [-0.39, 0.29) is 22.1 Å². The van der Waals surface area contributed by atoms with Gasteiger partial charge >= 0.3 is 0 Å². The van der Waals surface area contributed by atoms with E-state index in [1.54, 1.807) is 12.3 Å². The number of fused-ring (bicyclic) bond motifs is 1. The fourth-order valence-electron chi connectivity index (χ4n) is 4.75. The van der Waals surface area contributed by atoms with E-state index in [0.717, 1.165) is 24.6 Å². The zero-order chi connectivity index (χ0) is 28.6. The first-order valence-electron chi connectivity index (χ1n) is 13.2. The summed E-state index contributed by atoms with van der Waals surface area (Å²) in [5.74, 6) is 0.228. The van der Waals surface area contributed by atoms with E-state index < -0.39 is 21.0 Å². The Kier molecular flexibility index (Phi) is 8.51. The van der Waals surface area contributed by atoms with E-state index >= 15 is 4.39 Å². The van der Waals surface area contributed by atoms with Gasteiger partial charge in [0.25, 0.3) is 0 Å². The Morgan fingerprint density at radius 3 is 2.60 bits per heavy atom. The van der Waals surface area contributed by atoms with Gasteiger partial charge in [-0.05, 0) is 30.6 Å². The van der Waals surface area contributed by atoms with E-state index in [0.29, 0.717) is 40.4 Å². The molecule has 0 radical (unpaired) electrons. The van der Waals surface area contributed by atoms with Crippen LogP contribution in [0.25, 0.3) is 22.2 Å². The molecule has 212 valence electrons. The standard InChI is InChI=1S/C28H33ClFN5O3SSi/c1-28(2,3)26(38-40(4)5)22-14-39-27(34-22)25(36)16-10-17(20(30)11-19(16)29)24-18-13-31-23(12-21(18)32-15-33-24)35-6-8-37-9-7-35/h10-15,25-26,36,40H,6-9H2,1-5H3. The molecule has 4 aromatic rings. The van der Waals surface area contributed by atoms with Crippen LogP contribution in [-0.4, -0.2) is 60.4 Å².